The second-order valence-electron chi connectivity index (χ2n) is 8.01. The van der Waals surface area contributed by atoms with Crippen molar-refractivity contribution in [3.05, 3.63) is 84.4 Å². The van der Waals surface area contributed by atoms with Crippen LogP contribution in [0.5, 0.6) is 11.5 Å². The summed E-state index contributed by atoms with van der Waals surface area (Å²) in [7, 11) is 0. The van der Waals surface area contributed by atoms with Gasteiger partial charge in [0.1, 0.15) is 24.7 Å². The van der Waals surface area contributed by atoms with Gasteiger partial charge in [-0.2, -0.15) is 0 Å². The molecule has 1 saturated heterocycles. The molecule has 0 unspecified atom stereocenters. The molecule has 0 saturated carbocycles. The van der Waals surface area contributed by atoms with Crippen molar-refractivity contribution in [3.63, 3.8) is 0 Å². The first-order valence-corrected chi connectivity index (χ1v) is 11.8. The molecule has 3 aromatic carbocycles. The Morgan fingerprint density at radius 2 is 1.55 bits per heavy atom. The Labute approximate surface area is 187 Å². The van der Waals surface area contributed by atoms with Crippen LogP contribution in [-0.2, 0) is 6.61 Å². The number of hydrogen-bond donors (Lipinski definition) is 0. The molecule has 5 rings (SSSR count). The van der Waals surface area contributed by atoms with Crippen molar-refractivity contribution in [3.8, 4) is 21.9 Å². The lowest BCUT2D eigenvalue weighted by molar-refractivity contribution is 0.238. The van der Waals surface area contributed by atoms with Gasteiger partial charge >= 0.3 is 0 Å². The van der Waals surface area contributed by atoms with Crippen molar-refractivity contribution >= 4 is 21.4 Å². The molecule has 4 aromatic rings. The zero-order valence-corrected chi connectivity index (χ0v) is 18.4. The second kappa shape index (κ2) is 9.54. The van der Waals surface area contributed by atoms with E-state index in [2.05, 4.69) is 65.6 Å². The molecule has 0 atom stereocenters. The Balaban J connectivity index is 1.22. The summed E-state index contributed by atoms with van der Waals surface area (Å²) in [6.07, 6.45) is 2.65. The average Bonchev–Trinajstić information content (AvgIpc) is 3.48. The Bertz CT molecular complexity index is 1120. The molecule has 1 fully saturated rings. The fourth-order valence-electron chi connectivity index (χ4n) is 4.00. The summed E-state index contributed by atoms with van der Waals surface area (Å²) in [5.74, 6) is 1.85. The van der Waals surface area contributed by atoms with Crippen LogP contribution >= 0.6 is 11.3 Å². The third-order valence-electron chi connectivity index (χ3n) is 5.75. The fourth-order valence-corrected chi connectivity index (χ4v) is 5.10. The maximum Gasteiger partial charge on any atom is 0.121 e. The maximum atomic E-state index is 5.99. The summed E-state index contributed by atoms with van der Waals surface area (Å²) >= 11 is 1.80. The quantitative estimate of drug-likeness (QED) is 0.314. The van der Waals surface area contributed by atoms with Crippen LogP contribution in [0.25, 0.3) is 20.5 Å². The first-order valence-electron chi connectivity index (χ1n) is 11.0. The lowest BCUT2D eigenvalue weighted by atomic mass is 10.1. The third-order valence-corrected chi connectivity index (χ3v) is 6.90. The third kappa shape index (κ3) is 5.09. The molecule has 0 amide bonds. The number of hydrogen-bond acceptors (Lipinski definition) is 4. The summed E-state index contributed by atoms with van der Waals surface area (Å²) in [4.78, 5) is 3.74. The highest BCUT2D eigenvalue weighted by molar-refractivity contribution is 7.22. The zero-order chi connectivity index (χ0) is 20.9. The Hall–Kier alpha value is -2.82. The fraction of sp³-hybridized carbons (Fsp3) is 0.259. The van der Waals surface area contributed by atoms with Crippen molar-refractivity contribution in [2.75, 3.05) is 26.2 Å². The van der Waals surface area contributed by atoms with Gasteiger partial charge in [-0.25, -0.2) is 0 Å². The summed E-state index contributed by atoms with van der Waals surface area (Å²) in [5, 5.41) is 1.25. The Kier molecular flexibility index (Phi) is 6.19. The first kappa shape index (κ1) is 20.1. The summed E-state index contributed by atoms with van der Waals surface area (Å²) in [6.45, 7) is 4.80. The molecular weight excluding hydrogens is 402 g/mol. The molecule has 0 radical (unpaired) electrons. The predicted octanol–water partition coefficient (Wildman–Crippen LogP) is 6.62. The summed E-state index contributed by atoms with van der Waals surface area (Å²) in [6, 6.07) is 27.3. The van der Waals surface area contributed by atoms with Gasteiger partial charge < -0.3 is 9.47 Å². The van der Waals surface area contributed by atoms with Crippen LogP contribution in [0.1, 0.15) is 18.4 Å². The van der Waals surface area contributed by atoms with Crippen molar-refractivity contribution < 1.29 is 9.47 Å². The van der Waals surface area contributed by atoms with Crippen LogP contribution in [0.15, 0.2) is 78.9 Å². The van der Waals surface area contributed by atoms with Gasteiger partial charge in [0.2, 0.25) is 0 Å². The molecule has 158 valence electrons. The van der Waals surface area contributed by atoms with Gasteiger partial charge in [-0.3, -0.25) is 4.90 Å². The van der Waals surface area contributed by atoms with E-state index in [9.17, 15) is 0 Å². The minimum Gasteiger partial charge on any atom is -0.492 e. The van der Waals surface area contributed by atoms with E-state index in [4.69, 9.17) is 9.47 Å². The van der Waals surface area contributed by atoms with E-state index in [-0.39, 0.29) is 0 Å². The number of thiophene rings is 1. The van der Waals surface area contributed by atoms with Crippen molar-refractivity contribution in [2.45, 2.75) is 19.4 Å². The highest BCUT2D eigenvalue weighted by Gasteiger charge is 2.11. The van der Waals surface area contributed by atoms with Gasteiger partial charge in [0.05, 0.1) is 0 Å². The molecule has 2 heterocycles. The smallest absolute Gasteiger partial charge is 0.121 e. The number of nitrogens with zero attached hydrogens (tertiary/aromatic N) is 1. The van der Waals surface area contributed by atoms with Crippen molar-refractivity contribution in [2.24, 2.45) is 0 Å². The molecule has 0 spiro atoms. The normalized spacial score (nSPS) is 14.2. The molecular formula is C27H27NO2S. The molecule has 0 N–H and O–H groups in total. The average molecular weight is 430 g/mol. The molecule has 1 aliphatic rings. The van der Waals surface area contributed by atoms with Gasteiger partial charge in [0.15, 0.2) is 0 Å². The predicted molar refractivity (Wildman–Crippen MR) is 129 cm³/mol. The van der Waals surface area contributed by atoms with Gasteiger partial charge in [-0.05, 0) is 91.0 Å². The number of likely N-dealkylation sites (tertiary alicyclic amines) is 1. The minimum atomic E-state index is 0.587. The first-order chi connectivity index (χ1) is 15.3. The zero-order valence-electron chi connectivity index (χ0n) is 17.6. The Morgan fingerprint density at radius 1 is 0.774 bits per heavy atom. The topological polar surface area (TPSA) is 21.7 Å². The molecule has 3 nitrogen and oxygen atoms in total. The van der Waals surface area contributed by atoms with Crippen LogP contribution in [0.3, 0.4) is 0 Å². The summed E-state index contributed by atoms with van der Waals surface area (Å²) in [5.41, 5.74) is 2.40. The standard InChI is InChI=1S/C27H27NO2S/c1-2-6-21(7-3-1)20-30-25-13-10-23-18-26(31-27(23)19-25)22-8-11-24(12-9-22)29-17-16-28-14-4-5-15-28/h1-3,6-13,18-19H,4-5,14-17,20H2. The van der Waals surface area contributed by atoms with Crippen LogP contribution in [0.2, 0.25) is 0 Å². The van der Waals surface area contributed by atoms with E-state index >= 15 is 0 Å². The molecule has 31 heavy (non-hydrogen) atoms. The van der Waals surface area contributed by atoms with Gasteiger partial charge in [-0.15, -0.1) is 11.3 Å². The van der Waals surface area contributed by atoms with Crippen LogP contribution < -0.4 is 9.47 Å². The molecule has 0 bridgehead atoms. The van der Waals surface area contributed by atoms with E-state index in [0.717, 1.165) is 24.7 Å². The lowest BCUT2D eigenvalue weighted by Crippen LogP contribution is -2.25. The molecule has 0 aliphatic carbocycles. The van der Waals surface area contributed by atoms with Crippen molar-refractivity contribution in [1.82, 2.24) is 4.90 Å². The number of fused-ring (bicyclic) bond motifs is 1. The molecule has 4 heteroatoms. The van der Waals surface area contributed by atoms with Gasteiger partial charge in [0.25, 0.3) is 0 Å². The monoisotopic (exact) mass is 429 g/mol. The van der Waals surface area contributed by atoms with E-state index in [1.807, 2.05) is 18.2 Å². The minimum absolute atomic E-state index is 0.587. The highest BCUT2D eigenvalue weighted by Crippen LogP contribution is 2.36. The van der Waals surface area contributed by atoms with Crippen LogP contribution in [-0.4, -0.2) is 31.1 Å². The lowest BCUT2D eigenvalue weighted by Gasteiger charge is -2.14. The SMILES string of the molecule is c1ccc(COc2ccc3cc(-c4ccc(OCCN5CCCC5)cc4)sc3c2)cc1. The van der Waals surface area contributed by atoms with Crippen LogP contribution in [0.4, 0.5) is 0 Å². The summed E-state index contributed by atoms with van der Waals surface area (Å²) < 4.78 is 13.2. The van der Waals surface area contributed by atoms with E-state index in [1.165, 1.54) is 52.0 Å². The number of ether oxygens (including phenoxy) is 2. The number of rotatable bonds is 8. The second-order valence-corrected chi connectivity index (χ2v) is 9.09. The molecule has 1 aromatic heterocycles. The van der Waals surface area contributed by atoms with Gasteiger partial charge in [0, 0.05) is 16.1 Å². The maximum absolute atomic E-state index is 5.99. The van der Waals surface area contributed by atoms with Gasteiger partial charge in [-0.1, -0.05) is 30.3 Å². The van der Waals surface area contributed by atoms with Crippen molar-refractivity contribution in [1.29, 1.82) is 0 Å². The Morgan fingerprint density at radius 3 is 2.35 bits per heavy atom. The largest absolute Gasteiger partial charge is 0.492 e. The van der Waals surface area contributed by atoms with E-state index in [0.29, 0.717) is 6.61 Å². The number of benzene rings is 3. The van der Waals surface area contributed by atoms with E-state index in [1.54, 1.807) is 11.3 Å². The highest BCUT2D eigenvalue weighted by atomic mass is 32.1. The van der Waals surface area contributed by atoms with E-state index < -0.39 is 0 Å². The van der Waals surface area contributed by atoms with Crippen LogP contribution in [0, 0.1) is 0 Å². The molecule has 1 aliphatic heterocycles.